The van der Waals surface area contributed by atoms with Gasteiger partial charge < -0.3 is 4.74 Å². The molecule has 0 aromatic rings. The topological polar surface area (TPSA) is 43.4 Å². The summed E-state index contributed by atoms with van der Waals surface area (Å²) in [5, 5.41) is 0. The Morgan fingerprint density at radius 3 is 1.31 bits per heavy atom. The molecule has 0 fully saturated rings. The molecule has 0 radical (unpaired) electrons. The van der Waals surface area contributed by atoms with Crippen LogP contribution in [0.3, 0.4) is 0 Å². The van der Waals surface area contributed by atoms with Crippen molar-refractivity contribution < 1.29 is 14.3 Å². The molecule has 0 unspecified atom stereocenters. The molecule has 0 N–H and O–H groups in total. The molecular formula is C21H42Na2O3. The van der Waals surface area contributed by atoms with Crippen LogP contribution >= 0.6 is 0 Å². The first-order valence-corrected chi connectivity index (χ1v) is 10.3. The van der Waals surface area contributed by atoms with Gasteiger partial charge in [-0.1, -0.05) is 96.8 Å². The fourth-order valence-electron chi connectivity index (χ4n) is 3.02. The second kappa shape index (κ2) is 26.1. The molecule has 0 rings (SSSR count). The number of methoxy groups -OCH3 is 1. The summed E-state index contributed by atoms with van der Waals surface area (Å²) in [5.41, 5.74) is 0. The monoisotopic (exact) mass is 388 g/mol. The van der Waals surface area contributed by atoms with Gasteiger partial charge in [0.15, 0.2) is 0 Å². The SMILES string of the molecule is CCCCCCCCCCCCCCCCCC(=O)CC(=O)OC.[NaH].[NaH]. The number of carbonyl (C=O) groups is 2. The van der Waals surface area contributed by atoms with Gasteiger partial charge in [0.2, 0.25) is 0 Å². The van der Waals surface area contributed by atoms with E-state index in [-0.39, 0.29) is 71.3 Å². The summed E-state index contributed by atoms with van der Waals surface area (Å²) in [6.07, 6.45) is 20.3. The van der Waals surface area contributed by atoms with Crippen molar-refractivity contribution in [3.8, 4) is 0 Å². The quantitative estimate of drug-likeness (QED) is 0.142. The molecule has 0 spiro atoms. The molecule has 0 atom stereocenters. The Morgan fingerprint density at radius 2 is 0.962 bits per heavy atom. The van der Waals surface area contributed by atoms with E-state index in [0.29, 0.717) is 6.42 Å². The van der Waals surface area contributed by atoms with Gasteiger partial charge in [0.05, 0.1) is 7.11 Å². The average Bonchev–Trinajstić information content (AvgIpc) is 2.58. The van der Waals surface area contributed by atoms with Gasteiger partial charge in [-0.2, -0.15) is 0 Å². The van der Waals surface area contributed by atoms with E-state index in [1.165, 1.54) is 90.6 Å². The number of unbranched alkanes of at least 4 members (excludes halogenated alkanes) is 14. The maximum atomic E-state index is 11.4. The Bertz CT molecular complexity index is 310. The van der Waals surface area contributed by atoms with Gasteiger partial charge in [0.25, 0.3) is 0 Å². The minimum absolute atomic E-state index is 0. The first-order valence-electron chi connectivity index (χ1n) is 10.3. The van der Waals surface area contributed by atoms with Crippen LogP contribution < -0.4 is 0 Å². The number of esters is 1. The number of hydrogen-bond donors (Lipinski definition) is 0. The van der Waals surface area contributed by atoms with E-state index in [0.717, 1.165) is 12.8 Å². The van der Waals surface area contributed by atoms with Gasteiger partial charge in [0, 0.05) is 6.42 Å². The summed E-state index contributed by atoms with van der Waals surface area (Å²) >= 11 is 0. The van der Waals surface area contributed by atoms with Gasteiger partial charge in [-0.15, -0.1) is 0 Å². The number of Topliss-reactive ketones (excluding diaryl/α,β-unsaturated/α-hetero) is 1. The Labute approximate surface area is 206 Å². The molecule has 0 aliphatic heterocycles. The predicted octanol–water partition coefficient (Wildman–Crippen LogP) is 5.08. The third kappa shape index (κ3) is 25.1. The van der Waals surface area contributed by atoms with Crippen LogP contribution in [0.2, 0.25) is 0 Å². The van der Waals surface area contributed by atoms with Crippen molar-refractivity contribution in [2.45, 2.75) is 116 Å². The number of rotatable bonds is 18. The predicted molar refractivity (Wildman–Crippen MR) is 115 cm³/mol. The zero-order valence-electron chi connectivity index (χ0n) is 16.2. The number of hydrogen-bond acceptors (Lipinski definition) is 3. The van der Waals surface area contributed by atoms with E-state index in [1.807, 2.05) is 0 Å². The van der Waals surface area contributed by atoms with Crippen molar-refractivity contribution >= 4 is 70.9 Å². The Balaban J connectivity index is -0.00000264. The van der Waals surface area contributed by atoms with Crippen molar-refractivity contribution in [3.63, 3.8) is 0 Å². The molecule has 146 valence electrons. The first-order chi connectivity index (χ1) is 11.7. The van der Waals surface area contributed by atoms with Crippen LogP contribution in [0.15, 0.2) is 0 Å². The van der Waals surface area contributed by atoms with E-state index >= 15 is 0 Å². The molecule has 0 aliphatic carbocycles. The third-order valence-electron chi connectivity index (χ3n) is 4.63. The molecule has 0 aromatic carbocycles. The van der Waals surface area contributed by atoms with Crippen molar-refractivity contribution in [1.82, 2.24) is 0 Å². The first kappa shape index (κ1) is 31.8. The van der Waals surface area contributed by atoms with Gasteiger partial charge in [-0.05, 0) is 6.42 Å². The normalized spacial score (nSPS) is 9.92. The van der Waals surface area contributed by atoms with E-state index in [9.17, 15) is 9.59 Å². The molecular weight excluding hydrogens is 346 g/mol. The molecule has 26 heavy (non-hydrogen) atoms. The van der Waals surface area contributed by atoms with Crippen LogP contribution in [0.1, 0.15) is 116 Å². The van der Waals surface area contributed by atoms with Crippen molar-refractivity contribution in [2.75, 3.05) is 7.11 Å². The summed E-state index contributed by atoms with van der Waals surface area (Å²) in [7, 11) is 1.32. The van der Waals surface area contributed by atoms with Crippen LogP contribution in [0.25, 0.3) is 0 Å². The van der Waals surface area contributed by atoms with Gasteiger partial charge in [-0.3, -0.25) is 9.59 Å². The molecule has 0 bridgehead atoms. The summed E-state index contributed by atoms with van der Waals surface area (Å²) in [6.45, 7) is 2.27. The molecule has 0 heterocycles. The molecule has 3 nitrogen and oxygen atoms in total. The molecule has 0 saturated carbocycles. The van der Waals surface area contributed by atoms with E-state index in [4.69, 9.17) is 0 Å². The average molecular weight is 389 g/mol. The summed E-state index contributed by atoms with van der Waals surface area (Å²) in [6, 6.07) is 0. The summed E-state index contributed by atoms with van der Waals surface area (Å²) < 4.78 is 4.49. The second-order valence-electron chi connectivity index (χ2n) is 6.99. The fraction of sp³-hybridized carbons (Fsp3) is 0.905. The minimum atomic E-state index is -0.416. The van der Waals surface area contributed by atoms with E-state index < -0.39 is 5.97 Å². The standard InChI is InChI=1S/C21H40O3.2Na.2H/c1-3-4-5-6-7-8-9-10-11-12-13-14-15-16-17-18-20(22)19-21(23)24-2;;;;/h3-19H2,1-2H3;;;;. The van der Waals surface area contributed by atoms with E-state index in [2.05, 4.69) is 11.7 Å². The van der Waals surface area contributed by atoms with Gasteiger partial charge in [-0.25, -0.2) is 0 Å². The van der Waals surface area contributed by atoms with Crippen LogP contribution in [0.5, 0.6) is 0 Å². The van der Waals surface area contributed by atoms with Crippen LogP contribution in [0, 0.1) is 0 Å². The van der Waals surface area contributed by atoms with Gasteiger partial charge >= 0.3 is 65.1 Å². The maximum absolute atomic E-state index is 11.4. The Kier molecular flexibility index (Phi) is 32.0. The number of ketones is 1. The number of carbonyl (C=O) groups excluding carboxylic acids is 2. The van der Waals surface area contributed by atoms with Gasteiger partial charge in [0.1, 0.15) is 12.2 Å². The summed E-state index contributed by atoms with van der Waals surface area (Å²) in [5.74, 6) is -0.405. The second-order valence-corrected chi connectivity index (χ2v) is 6.99. The Morgan fingerprint density at radius 1 is 0.615 bits per heavy atom. The third-order valence-corrected chi connectivity index (χ3v) is 4.63. The molecule has 0 aliphatic rings. The summed E-state index contributed by atoms with van der Waals surface area (Å²) in [4.78, 5) is 22.4. The van der Waals surface area contributed by atoms with Crippen LogP contribution in [-0.2, 0) is 14.3 Å². The number of ether oxygens (including phenoxy) is 1. The molecule has 0 saturated heterocycles. The molecule has 5 heteroatoms. The van der Waals surface area contributed by atoms with E-state index in [1.54, 1.807) is 0 Å². The zero-order chi connectivity index (χ0) is 17.9. The van der Waals surface area contributed by atoms with Crippen LogP contribution in [-0.4, -0.2) is 78.0 Å². The molecule has 0 amide bonds. The van der Waals surface area contributed by atoms with Crippen molar-refractivity contribution in [2.24, 2.45) is 0 Å². The van der Waals surface area contributed by atoms with Crippen LogP contribution in [0.4, 0.5) is 0 Å². The Hall–Kier alpha value is 1.14. The van der Waals surface area contributed by atoms with Crippen molar-refractivity contribution in [3.05, 3.63) is 0 Å². The van der Waals surface area contributed by atoms with Crippen molar-refractivity contribution in [1.29, 1.82) is 0 Å². The molecule has 0 aromatic heterocycles. The zero-order valence-corrected chi connectivity index (χ0v) is 16.2. The fourth-order valence-corrected chi connectivity index (χ4v) is 3.02.